The van der Waals surface area contributed by atoms with E-state index in [0.29, 0.717) is 22.8 Å². The molecule has 1 unspecified atom stereocenters. The number of likely N-dealkylation sites (tertiary alicyclic amines) is 1. The van der Waals surface area contributed by atoms with Crippen LogP contribution < -0.4 is 0 Å². The summed E-state index contributed by atoms with van der Waals surface area (Å²) < 4.78 is 0. The van der Waals surface area contributed by atoms with E-state index in [4.69, 9.17) is 0 Å². The maximum Gasteiger partial charge on any atom is 0.254 e. The lowest BCUT2D eigenvalue weighted by Gasteiger charge is -2.17. The summed E-state index contributed by atoms with van der Waals surface area (Å²) in [4.78, 5) is 19.4. The molecule has 1 aromatic carbocycles. The van der Waals surface area contributed by atoms with E-state index in [1.807, 2.05) is 11.0 Å². The number of aromatic hydroxyl groups is 1. The molecule has 1 fully saturated rings. The van der Waals surface area contributed by atoms with Gasteiger partial charge in [-0.3, -0.25) is 9.89 Å². The number of amides is 1. The Balaban J connectivity index is 1.80. The van der Waals surface area contributed by atoms with E-state index in [2.05, 4.69) is 22.1 Å². The van der Waals surface area contributed by atoms with E-state index in [9.17, 15) is 9.90 Å². The summed E-state index contributed by atoms with van der Waals surface area (Å²) in [5.74, 6) is 0.754. The van der Waals surface area contributed by atoms with Gasteiger partial charge in [-0.1, -0.05) is 6.92 Å². The highest BCUT2D eigenvalue weighted by atomic mass is 16.3. The van der Waals surface area contributed by atoms with Crippen molar-refractivity contribution in [3.8, 4) is 17.0 Å². The van der Waals surface area contributed by atoms with Crippen LogP contribution in [0.3, 0.4) is 0 Å². The number of phenols is 1. The number of fused-ring (bicyclic) bond motifs is 1. The number of carbonyl (C=O) groups excluding carboxylic acids is 1. The van der Waals surface area contributed by atoms with E-state index in [1.54, 1.807) is 30.5 Å². The number of nitrogens with one attached hydrogen (secondary N) is 1. The number of carbonyl (C=O) groups is 1. The summed E-state index contributed by atoms with van der Waals surface area (Å²) in [6.07, 6.45) is 2.69. The first-order valence-corrected chi connectivity index (χ1v) is 8.04. The van der Waals surface area contributed by atoms with Crippen LogP contribution >= 0.6 is 0 Å². The largest absolute Gasteiger partial charge is 0.508 e. The predicted octanol–water partition coefficient (Wildman–Crippen LogP) is 2.81. The first-order chi connectivity index (χ1) is 11.6. The average Bonchev–Trinajstić information content (AvgIpc) is 3.22. The highest BCUT2D eigenvalue weighted by molar-refractivity contribution is 6.06. The van der Waals surface area contributed by atoms with Gasteiger partial charge in [0.15, 0.2) is 5.65 Å². The van der Waals surface area contributed by atoms with Crippen LogP contribution in [0.5, 0.6) is 5.75 Å². The summed E-state index contributed by atoms with van der Waals surface area (Å²) >= 11 is 0. The molecule has 0 bridgehead atoms. The molecule has 6 nitrogen and oxygen atoms in total. The number of aromatic nitrogens is 3. The molecule has 1 saturated heterocycles. The average molecular weight is 322 g/mol. The van der Waals surface area contributed by atoms with Crippen molar-refractivity contribution >= 4 is 16.9 Å². The molecule has 3 heterocycles. The van der Waals surface area contributed by atoms with Crippen LogP contribution in [-0.2, 0) is 0 Å². The van der Waals surface area contributed by atoms with Gasteiger partial charge >= 0.3 is 0 Å². The lowest BCUT2D eigenvalue weighted by Crippen LogP contribution is -2.28. The monoisotopic (exact) mass is 322 g/mol. The van der Waals surface area contributed by atoms with Crippen molar-refractivity contribution in [1.29, 1.82) is 0 Å². The minimum Gasteiger partial charge on any atom is -0.508 e. The molecule has 0 radical (unpaired) electrons. The second-order valence-electron chi connectivity index (χ2n) is 6.38. The van der Waals surface area contributed by atoms with E-state index in [0.717, 1.165) is 30.5 Å². The highest BCUT2D eigenvalue weighted by Crippen LogP contribution is 2.27. The summed E-state index contributed by atoms with van der Waals surface area (Å²) in [6.45, 7) is 3.74. The highest BCUT2D eigenvalue weighted by Gasteiger charge is 2.26. The fourth-order valence-electron chi connectivity index (χ4n) is 3.18. The Hall–Kier alpha value is -2.89. The molecule has 1 atom stereocenters. The quantitative estimate of drug-likeness (QED) is 0.760. The van der Waals surface area contributed by atoms with Gasteiger partial charge in [0, 0.05) is 18.7 Å². The van der Waals surface area contributed by atoms with Crippen LogP contribution in [0.25, 0.3) is 22.3 Å². The fourth-order valence-corrected chi connectivity index (χ4v) is 3.18. The molecule has 3 aromatic rings. The molecule has 4 rings (SSSR count). The van der Waals surface area contributed by atoms with Gasteiger partial charge in [0.2, 0.25) is 0 Å². The second-order valence-corrected chi connectivity index (χ2v) is 6.38. The first-order valence-electron chi connectivity index (χ1n) is 8.04. The zero-order valence-electron chi connectivity index (χ0n) is 13.4. The third-order valence-electron chi connectivity index (χ3n) is 4.53. The molecule has 1 aliphatic rings. The van der Waals surface area contributed by atoms with Crippen LogP contribution in [0, 0.1) is 5.92 Å². The SMILES string of the molecule is CC1CCN(C(=O)c2cc(-c3ccc(O)cc3)nc3[nH]ncc23)C1. The standard InChI is InChI=1S/C18H18N4O2/c1-11-6-7-22(10-11)18(24)14-8-16(12-2-4-13(23)5-3-12)20-17-15(14)9-19-21-17/h2-5,8-9,11,23H,6-7,10H2,1H3,(H,19,20,21). The van der Waals surface area contributed by atoms with Gasteiger partial charge in [-0.15, -0.1) is 0 Å². The van der Waals surface area contributed by atoms with Gasteiger partial charge in [0.1, 0.15) is 5.75 Å². The van der Waals surface area contributed by atoms with E-state index in [-0.39, 0.29) is 11.7 Å². The van der Waals surface area contributed by atoms with Crippen LogP contribution in [0.15, 0.2) is 36.5 Å². The maximum atomic E-state index is 13.0. The third-order valence-corrected chi connectivity index (χ3v) is 4.53. The fraction of sp³-hybridized carbons (Fsp3) is 0.278. The van der Waals surface area contributed by atoms with Gasteiger partial charge in [-0.2, -0.15) is 5.10 Å². The molecule has 6 heteroatoms. The van der Waals surface area contributed by atoms with Crippen molar-refractivity contribution in [3.05, 3.63) is 42.1 Å². The van der Waals surface area contributed by atoms with Crippen molar-refractivity contribution < 1.29 is 9.90 Å². The number of nitrogens with zero attached hydrogens (tertiary/aromatic N) is 3. The Bertz CT molecular complexity index is 901. The minimum absolute atomic E-state index is 0.0215. The third kappa shape index (κ3) is 2.50. The summed E-state index contributed by atoms with van der Waals surface area (Å²) in [6, 6.07) is 8.60. The topological polar surface area (TPSA) is 82.1 Å². The molecule has 122 valence electrons. The second kappa shape index (κ2) is 5.63. The number of aromatic amines is 1. The van der Waals surface area contributed by atoms with Gasteiger partial charge in [-0.05, 0) is 42.7 Å². The number of phenolic OH excluding ortho intramolecular Hbond substituents is 1. The van der Waals surface area contributed by atoms with Gasteiger partial charge in [0.25, 0.3) is 5.91 Å². The van der Waals surface area contributed by atoms with Crippen LogP contribution in [0.2, 0.25) is 0 Å². The predicted molar refractivity (Wildman–Crippen MR) is 90.7 cm³/mol. The normalized spacial score (nSPS) is 17.5. The van der Waals surface area contributed by atoms with Crippen LogP contribution in [-0.4, -0.2) is 44.2 Å². The Kier molecular flexibility index (Phi) is 3.45. The van der Waals surface area contributed by atoms with Gasteiger partial charge in [-0.25, -0.2) is 4.98 Å². The van der Waals surface area contributed by atoms with E-state index in [1.165, 1.54) is 0 Å². The smallest absolute Gasteiger partial charge is 0.254 e. The molecular weight excluding hydrogens is 304 g/mol. The molecule has 0 aliphatic carbocycles. The number of pyridine rings is 1. The van der Waals surface area contributed by atoms with Gasteiger partial charge < -0.3 is 10.0 Å². The van der Waals surface area contributed by atoms with Crippen molar-refractivity contribution in [1.82, 2.24) is 20.1 Å². The van der Waals surface area contributed by atoms with Crippen molar-refractivity contribution in [3.63, 3.8) is 0 Å². The number of H-pyrrole nitrogens is 1. The Morgan fingerprint density at radius 3 is 2.83 bits per heavy atom. The lowest BCUT2D eigenvalue weighted by atomic mass is 10.1. The molecule has 1 aliphatic heterocycles. The Morgan fingerprint density at radius 1 is 1.33 bits per heavy atom. The summed E-state index contributed by atoms with van der Waals surface area (Å²) in [7, 11) is 0. The Labute approximate surface area is 139 Å². The zero-order valence-corrected chi connectivity index (χ0v) is 13.4. The minimum atomic E-state index is 0.0215. The van der Waals surface area contributed by atoms with E-state index >= 15 is 0 Å². The van der Waals surface area contributed by atoms with Gasteiger partial charge in [0.05, 0.1) is 22.8 Å². The number of rotatable bonds is 2. The summed E-state index contributed by atoms with van der Waals surface area (Å²) in [5, 5.41) is 17.1. The zero-order chi connectivity index (χ0) is 16.7. The van der Waals surface area contributed by atoms with Crippen molar-refractivity contribution in [2.75, 3.05) is 13.1 Å². The van der Waals surface area contributed by atoms with Crippen molar-refractivity contribution in [2.45, 2.75) is 13.3 Å². The van der Waals surface area contributed by atoms with Crippen LogP contribution in [0.1, 0.15) is 23.7 Å². The van der Waals surface area contributed by atoms with Crippen molar-refractivity contribution in [2.24, 2.45) is 5.92 Å². The lowest BCUT2D eigenvalue weighted by molar-refractivity contribution is 0.0790. The molecule has 0 saturated carbocycles. The number of benzene rings is 1. The molecule has 2 aromatic heterocycles. The molecular formula is C18H18N4O2. The van der Waals surface area contributed by atoms with Crippen LogP contribution in [0.4, 0.5) is 0 Å². The molecule has 24 heavy (non-hydrogen) atoms. The Morgan fingerprint density at radius 2 is 2.12 bits per heavy atom. The maximum absolute atomic E-state index is 13.0. The summed E-state index contributed by atoms with van der Waals surface area (Å²) in [5.41, 5.74) is 2.73. The first kappa shape index (κ1) is 14.7. The molecule has 2 N–H and O–H groups in total. The number of hydrogen-bond donors (Lipinski definition) is 2. The molecule has 1 amide bonds. The number of hydrogen-bond acceptors (Lipinski definition) is 4. The molecule has 0 spiro atoms. The van der Waals surface area contributed by atoms with E-state index < -0.39 is 0 Å².